The predicted octanol–water partition coefficient (Wildman–Crippen LogP) is 6.18. The Morgan fingerprint density at radius 2 is 1.25 bits per heavy atom. The molecule has 0 fully saturated rings. The number of hydrogen-bond acceptors (Lipinski definition) is 3. The quantitative estimate of drug-likeness (QED) is 0.347. The predicted molar refractivity (Wildman–Crippen MR) is 114 cm³/mol. The van der Waals surface area contributed by atoms with E-state index in [0.717, 1.165) is 28.2 Å². The number of methoxy groups -OCH3 is 2. The van der Waals surface area contributed by atoms with Crippen molar-refractivity contribution in [2.45, 2.75) is 6.61 Å². The molecule has 0 atom stereocenters. The third-order valence-electron chi connectivity index (χ3n) is 5.29. The number of benzene rings is 5. The topological polar surface area (TPSA) is 27.7 Å². The van der Waals surface area contributed by atoms with Gasteiger partial charge in [-0.25, -0.2) is 0 Å². The van der Waals surface area contributed by atoms with Gasteiger partial charge in [0.25, 0.3) is 0 Å². The number of rotatable bonds is 5. The lowest BCUT2D eigenvalue weighted by atomic mass is 9.94. The molecule has 5 aromatic rings. The van der Waals surface area contributed by atoms with Crippen molar-refractivity contribution in [3.63, 3.8) is 0 Å². The molecule has 0 radical (unpaired) electrons. The van der Waals surface area contributed by atoms with Crippen LogP contribution in [0.15, 0.2) is 72.8 Å². The first kappa shape index (κ1) is 16.7. The molecule has 0 spiro atoms. The number of ether oxygens (including phenoxy) is 3. The van der Waals surface area contributed by atoms with Crippen LogP contribution in [-0.2, 0) is 6.61 Å². The van der Waals surface area contributed by atoms with Crippen molar-refractivity contribution in [2.75, 3.05) is 14.2 Å². The first-order chi connectivity index (χ1) is 13.8. The molecule has 0 N–H and O–H groups in total. The van der Waals surface area contributed by atoms with Crippen LogP contribution in [0.4, 0.5) is 0 Å². The molecule has 3 nitrogen and oxygen atoms in total. The minimum atomic E-state index is 0.442. The Morgan fingerprint density at radius 3 is 1.93 bits per heavy atom. The molecule has 0 aromatic heterocycles. The normalized spacial score (nSPS) is 11.4. The van der Waals surface area contributed by atoms with Gasteiger partial charge < -0.3 is 14.2 Å². The van der Waals surface area contributed by atoms with Crippen molar-refractivity contribution < 1.29 is 14.2 Å². The van der Waals surface area contributed by atoms with E-state index in [1.54, 1.807) is 14.2 Å². The smallest absolute Gasteiger partial charge is 0.127 e. The van der Waals surface area contributed by atoms with Gasteiger partial charge in [-0.1, -0.05) is 42.5 Å². The fourth-order valence-corrected chi connectivity index (χ4v) is 3.95. The second kappa shape index (κ2) is 6.61. The highest BCUT2D eigenvalue weighted by molar-refractivity contribution is 6.24. The highest BCUT2D eigenvalue weighted by Crippen LogP contribution is 2.38. The van der Waals surface area contributed by atoms with Crippen molar-refractivity contribution in [3.05, 3.63) is 78.4 Å². The Labute approximate surface area is 163 Å². The van der Waals surface area contributed by atoms with Gasteiger partial charge in [0.15, 0.2) is 0 Å². The summed E-state index contributed by atoms with van der Waals surface area (Å²) in [6, 6.07) is 25.1. The zero-order valence-corrected chi connectivity index (χ0v) is 15.9. The average Bonchev–Trinajstić information content (AvgIpc) is 2.76. The summed E-state index contributed by atoms with van der Waals surface area (Å²) in [6.45, 7) is 0.442. The van der Waals surface area contributed by atoms with Crippen LogP contribution in [0.25, 0.3) is 32.3 Å². The Bertz CT molecular complexity index is 1250. The van der Waals surface area contributed by atoms with Gasteiger partial charge >= 0.3 is 0 Å². The summed E-state index contributed by atoms with van der Waals surface area (Å²) in [5, 5.41) is 7.43. The van der Waals surface area contributed by atoms with E-state index in [9.17, 15) is 0 Å². The molecule has 0 amide bonds. The summed E-state index contributed by atoms with van der Waals surface area (Å²) < 4.78 is 17.0. The van der Waals surface area contributed by atoms with Gasteiger partial charge in [0.05, 0.1) is 14.2 Å². The molecule has 0 saturated heterocycles. The van der Waals surface area contributed by atoms with Crippen LogP contribution < -0.4 is 14.2 Å². The second-order valence-electron chi connectivity index (χ2n) is 6.93. The van der Waals surface area contributed by atoms with Gasteiger partial charge in [0, 0.05) is 16.8 Å². The van der Waals surface area contributed by atoms with E-state index >= 15 is 0 Å². The molecule has 0 aliphatic rings. The fourth-order valence-electron chi connectivity index (χ4n) is 3.95. The Hall–Kier alpha value is -3.46. The van der Waals surface area contributed by atoms with Gasteiger partial charge in [0.1, 0.15) is 23.9 Å². The molecule has 28 heavy (non-hydrogen) atoms. The zero-order valence-electron chi connectivity index (χ0n) is 15.9. The minimum Gasteiger partial charge on any atom is -0.497 e. The first-order valence-corrected chi connectivity index (χ1v) is 9.28. The van der Waals surface area contributed by atoms with Crippen molar-refractivity contribution >= 4 is 32.3 Å². The maximum atomic E-state index is 6.24. The highest BCUT2D eigenvalue weighted by atomic mass is 16.5. The molecular weight excluding hydrogens is 348 g/mol. The van der Waals surface area contributed by atoms with E-state index in [2.05, 4.69) is 54.6 Å². The summed E-state index contributed by atoms with van der Waals surface area (Å²) in [4.78, 5) is 0. The second-order valence-corrected chi connectivity index (χ2v) is 6.93. The van der Waals surface area contributed by atoms with E-state index in [0.29, 0.717) is 6.61 Å². The molecule has 5 rings (SSSR count). The highest BCUT2D eigenvalue weighted by Gasteiger charge is 2.12. The SMILES string of the molecule is COc1cc(COc2ccc3ccc4cccc5ccc2c3c45)cc(OC)c1. The lowest BCUT2D eigenvalue weighted by Gasteiger charge is -2.15. The van der Waals surface area contributed by atoms with Crippen molar-refractivity contribution in [2.24, 2.45) is 0 Å². The standard InChI is InChI=1S/C25H20O3/c1-26-20-12-16(13-21(14-20)27-2)15-28-23-11-9-19-7-6-17-4-3-5-18-8-10-22(23)25(19)24(17)18/h3-14H,15H2,1-2H3. The van der Waals surface area contributed by atoms with Crippen molar-refractivity contribution in [3.8, 4) is 17.2 Å². The molecule has 0 heterocycles. The van der Waals surface area contributed by atoms with E-state index in [-0.39, 0.29) is 0 Å². The summed E-state index contributed by atoms with van der Waals surface area (Å²) in [7, 11) is 3.31. The average molecular weight is 368 g/mol. The molecule has 0 aliphatic carbocycles. The Morgan fingerprint density at radius 1 is 0.643 bits per heavy atom. The van der Waals surface area contributed by atoms with Crippen molar-refractivity contribution in [1.29, 1.82) is 0 Å². The molecule has 138 valence electrons. The Kier molecular flexibility index (Phi) is 3.94. The van der Waals surface area contributed by atoms with Gasteiger partial charge in [-0.15, -0.1) is 0 Å². The fraction of sp³-hybridized carbons (Fsp3) is 0.120. The molecular formula is C25H20O3. The van der Waals surface area contributed by atoms with E-state index in [4.69, 9.17) is 14.2 Å². The Balaban J connectivity index is 1.58. The zero-order chi connectivity index (χ0) is 19.1. The van der Waals surface area contributed by atoms with Crippen LogP contribution in [0.1, 0.15) is 5.56 Å². The third-order valence-corrected chi connectivity index (χ3v) is 5.29. The van der Waals surface area contributed by atoms with Gasteiger partial charge in [-0.2, -0.15) is 0 Å². The van der Waals surface area contributed by atoms with Crippen LogP contribution in [0.5, 0.6) is 17.2 Å². The summed E-state index contributed by atoms with van der Waals surface area (Å²) in [6.07, 6.45) is 0. The van der Waals surface area contributed by atoms with Crippen LogP contribution in [0.2, 0.25) is 0 Å². The van der Waals surface area contributed by atoms with Crippen LogP contribution >= 0.6 is 0 Å². The minimum absolute atomic E-state index is 0.442. The number of hydrogen-bond donors (Lipinski definition) is 0. The van der Waals surface area contributed by atoms with E-state index < -0.39 is 0 Å². The lowest BCUT2D eigenvalue weighted by Crippen LogP contribution is -1.98. The lowest BCUT2D eigenvalue weighted by molar-refractivity contribution is 0.307. The monoisotopic (exact) mass is 368 g/mol. The molecule has 5 aromatic carbocycles. The molecule has 0 bridgehead atoms. The molecule has 3 heteroatoms. The third kappa shape index (κ3) is 2.67. The van der Waals surface area contributed by atoms with Crippen LogP contribution in [0.3, 0.4) is 0 Å². The maximum absolute atomic E-state index is 6.24. The van der Waals surface area contributed by atoms with E-state index in [1.807, 2.05) is 18.2 Å². The largest absolute Gasteiger partial charge is 0.497 e. The molecule has 0 saturated carbocycles. The summed E-state index contributed by atoms with van der Waals surface area (Å²) >= 11 is 0. The van der Waals surface area contributed by atoms with Gasteiger partial charge in [-0.05, 0) is 51.4 Å². The van der Waals surface area contributed by atoms with Crippen molar-refractivity contribution in [1.82, 2.24) is 0 Å². The van der Waals surface area contributed by atoms with Crippen LogP contribution in [0, 0.1) is 0 Å². The first-order valence-electron chi connectivity index (χ1n) is 9.28. The van der Waals surface area contributed by atoms with Gasteiger partial charge in [0.2, 0.25) is 0 Å². The van der Waals surface area contributed by atoms with Crippen LogP contribution in [-0.4, -0.2) is 14.2 Å². The molecule has 0 aliphatic heterocycles. The van der Waals surface area contributed by atoms with Gasteiger partial charge in [-0.3, -0.25) is 0 Å². The summed E-state index contributed by atoms with van der Waals surface area (Å²) in [5.74, 6) is 2.40. The molecule has 0 unspecified atom stereocenters. The summed E-state index contributed by atoms with van der Waals surface area (Å²) in [5.41, 5.74) is 1.00. The van der Waals surface area contributed by atoms with E-state index in [1.165, 1.54) is 26.9 Å². The maximum Gasteiger partial charge on any atom is 0.127 e.